The van der Waals surface area contributed by atoms with Crippen molar-refractivity contribution < 1.29 is 8.42 Å². The highest BCUT2D eigenvalue weighted by atomic mass is 35.5. The van der Waals surface area contributed by atoms with E-state index in [1.54, 1.807) is 28.6 Å². The van der Waals surface area contributed by atoms with E-state index in [0.717, 1.165) is 25.7 Å². The highest BCUT2D eigenvalue weighted by Crippen LogP contribution is 2.33. The van der Waals surface area contributed by atoms with Crippen LogP contribution in [0.4, 0.5) is 0 Å². The molecule has 3 rings (SSSR count). The fraction of sp³-hybridized carbons (Fsp3) is 0.600. The zero-order chi connectivity index (χ0) is 15.0. The zero-order valence-corrected chi connectivity index (χ0v) is 13.7. The molecular weight excluding hydrogens is 308 g/mol. The van der Waals surface area contributed by atoms with Crippen molar-refractivity contribution in [3.63, 3.8) is 0 Å². The third-order valence-electron chi connectivity index (χ3n) is 4.59. The molecule has 4 nitrogen and oxygen atoms in total. The zero-order valence-electron chi connectivity index (χ0n) is 12.1. The van der Waals surface area contributed by atoms with E-state index in [4.69, 9.17) is 11.6 Å². The van der Waals surface area contributed by atoms with Crippen LogP contribution in [0.3, 0.4) is 0 Å². The maximum absolute atomic E-state index is 12.9. The average Bonchev–Trinajstić information content (AvgIpc) is 2.78. The van der Waals surface area contributed by atoms with Gasteiger partial charge in [-0.1, -0.05) is 30.7 Å². The van der Waals surface area contributed by atoms with Gasteiger partial charge in [-0.3, -0.25) is 0 Å². The molecule has 1 aromatic carbocycles. The second-order valence-electron chi connectivity index (χ2n) is 5.90. The summed E-state index contributed by atoms with van der Waals surface area (Å²) < 4.78 is 27.5. The van der Waals surface area contributed by atoms with Crippen LogP contribution in [0.1, 0.15) is 32.6 Å². The van der Waals surface area contributed by atoms with E-state index < -0.39 is 10.0 Å². The lowest BCUT2D eigenvalue weighted by atomic mass is 10.00. The number of hydrogen-bond donors (Lipinski definition) is 1. The van der Waals surface area contributed by atoms with Crippen LogP contribution in [0, 0.1) is 0 Å². The Balaban J connectivity index is 1.90. The van der Waals surface area contributed by atoms with Gasteiger partial charge in [-0.15, -0.1) is 0 Å². The van der Waals surface area contributed by atoms with Gasteiger partial charge in [0.05, 0.1) is 5.02 Å². The summed E-state index contributed by atoms with van der Waals surface area (Å²) in [4.78, 5) is 0.222. The minimum atomic E-state index is -3.53. The van der Waals surface area contributed by atoms with Crippen LogP contribution >= 0.6 is 11.6 Å². The molecule has 0 spiro atoms. The molecule has 0 radical (unpaired) electrons. The van der Waals surface area contributed by atoms with Gasteiger partial charge in [-0.2, -0.15) is 4.31 Å². The Morgan fingerprint density at radius 2 is 1.86 bits per heavy atom. The van der Waals surface area contributed by atoms with Gasteiger partial charge < -0.3 is 5.32 Å². The molecule has 0 aliphatic carbocycles. The predicted octanol–water partition coefficient (Wildman–Crippen LogP) is 2.63. The molecule has 6 heteroatoms. The van der Waals surface area contributed by atoms with E-state index >= 15 is 0 Å². The predicted molar refractivity (Wildman–Crippen MR) is 84.0 cm³/mol. The molecular formula is C15H21ClN2O2S. The molecule has 2 atom stereocenters. The van der Waals surface area contributed by atoms with Gasteiger partial charge in [0, 0.05) is 24.7 Å². The van der Waals surface area contributed by atoms with E-state index in [9.17, 15) is 8.42 Å². The maximum atomic E-state index is 12.9. The lowest BCUT2D eigenvalue weighted by Crippen LogP contribution is -2.50. The first kappa shape index (κ1) is 15.3. The van der Waals surface area contributed by atoms with Crippen molar-refractivity contribution in [1.82, 2.24) is 9.62 Å². The van der Waals surface area contributed by atoms with Crippen LogP contribution in [0.15, 0.2) is 29.2 Å². The lowest BCUT2D eigenvalue weighted by molar-refractivity contribution is 0.232. The molecule has 0 saturated carbocycles. The van der Waals surface area contributed by atoms with Gasteiger partial charge in [0.2, 0.25) is 10.0 Å². The quantitative estimate of drug-likeness (QED) is 0.924. The maximum Gasteiger partial charge on any atom is 0.244 e. The second-order valence-corrected chi connectivity index (χ2v) is 8.17. The van der Waals surface area contributed by atoms with Crippen molar-refractivity contribution in [2.24, 2.45) is 0 Å². The molecule has 2 aliphatic rings. The normalized spacial score (nSPS) is 29.0. The monoisotopic (exact) mass is 328 g/mol. The number of nitrogens with one attached hydrogen (secondary N) is 1. The van der Waals surface area contributed by atoms with E-state index in [2.05, 4.69) is 5.32 Å². The van der Waals surface area contributed by atoms with Gasteiger partial charge >= 0.3 is 0 Å². The Hall–Kier alpha value is -0.620. The number of fused-ring (bicyclic) bond motifs is 2. The molecule has 1 aromatic rings. The van der Waals surface area contributed by atoms with Crippen molar-refractivity contribution in [2.45, 2.75) is 55.6 Å². The molecule has 2 unspecified atom stereocenters. The number of nitrogens with zero attached hydrogens (tertiary/aromatic N) is 1. The van der Waals surface area contributed by atoms with Crippen LogP contribution in [0.2, 0.25) is 5.02 Å². The Labute approximate surface area is 131 Å². The highest BCUT2D eigenvalue weighted by Gasteiger charge is 2.40. The Morgan fingerprint density at radius 1 is 1.24 bits per heavy atom. The fourth-order valence-electron chi connectivity index (χ4n) is 3.67. The molecule has 2 heterocycles. The molecule has 0 aromatic heterocycles. The summed E-state index contributed by atoms with van der Waals surface area (Å²) in [5, 5.41) is 3.85. The van der Waals surface area contributed by atoms with Crippen LogP contribution in [-0.4, -0.2) is 37.4 Å². The van der Waals surface area contributed by atoms with Crippen molar-refractivity contribution in [3.8, 4) is 0 Å². The van der Waals surface area contributed by atoms with E-state index in [1.807, 2.05) is 6.92 Å². The molecule has 116 valence electrons. The smallest absolute Gasteiger partial charge is 0.244 e. The topological polar surface area (TPSA) is 49.4 Å². The molecule has 1 N–H and O–H groups in total. The van der Waals surface area contributed by atoms with Crippen LogP contribution in [-0.2, 0) is 10.0 Å². The number of benzene rings is 1. The summed E-state index contributed by atoms with van der Waals surface area (Å²) >= 11 is 6.10. The Morgan fingerprint density at radius 3 is 2.43 bits per heavy atom. The van der Waals surface area contributed by atoms with Gasteiger partial charge in [-0.25, -0.2) is 8.42 Å². The molecule has 2 aliphatic heterocycles. The SMILES string of the molecule is CCN(C1CC2CCC(C1)N2)S(=O)(=O)c1ccccc1Cl. The highest BCUT2D eigenvalue weighted by molar-refractivity contribution is 7.89. The molecule has 0 amide bonds. The number of hydrogen-bond acceptors (Lipinski definition) is 3. The van der Waals surface area contributed by atoms with Crippen LogP contribution in [0.5, 0.6) is 0 Å². The largest absolute Gasteiger partial charge is 0.311 e. The van der Waals surface area contributed by atoms with Gasteiger partial charge in [-0.05, 0) is 37.8 Å². The molecule has 21 heavy (non-hydrogen) atoms. The van der Waals surface area contributed by atoms with Crippen LogP contribution < -0.4 is 5.32 Å². The van der Waals surface area contributed by atoms with Gasteiger partial charge in [0.15, 0.2) is 0 Å². The van der Waals surface area contributed by atoms with E-state index in [0.29, 0.717) is 23.7 Å². The second kappa shape index (κ2) is 5.88. The summed E-state index contributed by atoms with van der Waals surface area (Å²) in [6.07, 6.45) is 4.11. The third kappa shape index (κ3) is 2.84. The van der Waals surface area contributed by atoms with Crippen molar-refractivity contribution in [3.05, 3.63) is 29.3 Å². The van der Waals surface area contributed by atoms with Crippen molar-refractivity contribution in [2.75, 3.05) is 6.54 Å². The van der Waals surface area contributed by atoms with Crippen molar-refractivity contribution in [1.29, 1.82) is 0 Å². The summed E-state index contributed by atoms with van der Waals surface area (Å²) in [6, 6.07) is 7.70. The number of piperidine rings is 1. The molecule has 2 saturated heterocycles. The van der Waals surface area contributed by atoms with Gasteiger partial charge in [0.1, 0.15) is 4.90 Å². The molecule has 2 bridgehead atoms. The summed E-state index contributed by atoms with van der Waals surface area (Å²) in [5.74, 6) is 0. The van der Waals surface area contributed by atoms with Crippen LogP contribution in [0.25, 0.3) is 0 Å². The minimum absolute atomic E-state index is 0.0787. The molecule has 2 fully saturated rings. The minimum Gasteiger partial charge on any atom is -0.311 e. The lowest BCUT2D eigenvalue weighted by Gasteiger charge is -2.36. The number of sulfonamides is 1. The van der Waals surface area contributed by atoms with E-state index in [1.165, 1.54) is 0 Å². The number of rotatable bonds is 4. The third-order valence-corrected chi connectivity index (χ3v) is 7.12. The van der Waals surface area contributed by atoms with E-state index in [-0.39, 0.29) is 10.9 Å². The average molecular weight is 329 g/mol. The first-order valence-electron chi connectivity index (χ1n) is 7.54. The standard InChI is InChI=1S/C15H21ClN2O2S/c1-2-18(13-9-11-7-8-12(10-13)17-11)21(19,20)15-6-4-3-5-14(15)16/h3-6,11-13,17H,2,7-10H2,1H3. The van der Waals surface area contributed by atoms with Gasteiger partial charge in [0.25, 0.3) is 0 Å². The first-order chi connectivity index (χ1) is 10.0. The number of halogens is 1. The Kier molecular flexibility index (Phi) is 4.28. The summed E-state index contributed by atoms with van der Waals surface area (Å²) in [5.41, 5.74) is 0. The van der Waals surface area contributed by atoms with Crippen molar-refractivity contribution >= 4 is 21.6 Å². The Bertz CT molecular complexity index is 608. The summed E-state index contributed by atoms with van der Waals surface area (Å²) in [6.45, 7) is 2.38. The summed E-state index contributed by atoms with van der Waals surface area (Å²) in [7, 11) is -3.53. The fourth-order valence-corrected chi connectivity index (χ4v) is 5.82. The first-order valence-corrected chi connectivity index (χ1v) is 9.36.